The quantitative estimate of drug-likeness (QED) is 0.207. The van der Waals surface area contributed by atoms with Gasteiger partial charge in [0.25, 0.3) is 5.91 Å². The van der Waals surface area contributed by atoms with E-state index in [1.165, 1.54) is 45.7 Å². The molecule has 3 heterocycles. The number of rotatable bonds is 5. The summed E-state index contributed by atoms with van der Waals surface area (Å²) in [5.41, 5.74) is 2.97. The number of aromatic nitrogens is 2. The lowest BCUT2D eigenvalue weighted by atomic mass is 9.99. The first-order valence-corrected chi connectivity index (χ1v) is 13.0. The molecule has 0 spiro atoms. The number of hydrogen-bond donors (Lipinski definition) is 0. The van der Waals surface area contributed by atoms with Crippen LogP contribution in [0.3, 0.4) is 0 Å². The minimum atomic E-state index is -0.763. The van der Waals surface area contributed by atoms with E-state index in [0.717, 1.165) is 17.2 Å². The standard InChI is InChI=1S/C27H18FN3O3S2/c1-15-7-9-16(10-8-15)14-35-27-30-29-26(36-27)31-22(17-5-3-2-4-6-17)21-23(32)19-13-18(28)11-12-20(19)34-24(21)25(31)33/h2-13,22H,14H2,1H3/t22-/m1/s1. The van der Waals surface area contributed by atoms with E-state index in [1.807, 2.05) is 37.3 Å². The van der Waals surface area contributed by atoms with Crippen molar-refractivity contribution in [3.05, 3.63) is 117 Å². The van der Waals surface area contributed by atoms with Gasteiger partial charge in [-0.2, -0.15) is 0 Å². The fourth-order valence-corrected chi connectivity index (χ4v) is 6.10. The molecule has 0 radical (unpaired) electrons. The van der Waals surface area contributed by atoms with Gasteiger partial charge < -0.3 is 4.42 Å². The molecule has 9 heteroatoms. The number of amides is 1. The van der Waals surface area contributed by atoms with E-state index in [0.29, 0.717) is 15.2 Å². The lowest BCUT2D eigenvalue weighted by molar-refractivity contribution is 0.0970. The van der Waals surface area contributed by atoms with E-state index < -0.39 is 23.2 Å². The molecule has 2 aromatic heterocycles. The number of fused-ring (bicyclic) bond motifs is 2. The topological polar surface area (TPSA) is 76.3 Å². The molecule has 0 N–H and O–H groups in total. The molecule has 1 amide bonds. The molecular formula is C27H18FN3O3S2. The Morgan fingerprint density at radius 3 is 2.58 bits per heavy atom. The zero-order valence-corrected chi connectivity index (χ0v) is 20.6. The molecule has 1 atom stereocenters. The molecule has 1 aliphatic heterocycles. The molecule has 5 aromatic rings. The average molecular weight is 516 g/mol. The maximum Gasteiger partial charge on any atom is 0.297 e. The number of halogens is 1. The van der Waals surface area contributed by atoms with Crippen LogP contribution in [-0.2, 0) is 5.75 Å². The van der Waals surface area contributed by atoms with Crippen LogP contribution in [0.1, 0.15) is 38.9 Å². The van der Waals surface area contributed by atoms with Crippen molar-refractivity contribution in [2.24, 2.45) is 0 Å². The summed E-state index contributed by atoms with van der Waals surface area (Å²) in [5, 5.41) is 9.04. The Hall–Kier alpha value is -3.82. The first-order chi connectivity index (χ1) is 17.5. The number of benzene rings is 3. The van der Waals surface area contributed by atoms with Crippen molar-refractivity contribution in [3.8, 4) is 0 Å². The van der Waals surface area contributed by atoms with Gasteiger partial charge in [-0.1, -0.05) is 83.3 Å². The number of thioether (sulfide) groups is 1. The van der Waals surface area contributed by atoms with Crippen LogP contribution in [0.15, 0.2) is 86.3 Å². The van der Waals surface area contributed by atoms with E-state index in [4.69, 9.17) is 4.42 Å². The zero-order valence-electron chi connectivity index (χ0n) is 19.0. The van der Waals surface area contributed by atoms with Crippen LogP contribution in [0.2, 0.25) is 0 Å². The summed E-state index contributed by atoms with van der Waals surface area (Å²) >= 11 is 2.81. The minimum Gasteiger partial charge on any atom is -0.450 e. The molecule has 6 nitrogen and oxygen atoms in total. The van der Waals surface area contributed by atoms with Crippen LogP contribution < -0.4 is 10.3 Å². The van der Waals surface area contributed by atoms with E-state index in [2.05, 4.69) is 34.5 Å². The van der Waals surface area contributed by atoms with E-state index >= 15 is 0 Å². The van der Waals surface area contributed by atoms with Crippen molar-refractivity contribution < 1.29 is 13.6 Å². The first-order valence-electron chi connectivity index (χ1n) is 11.2. The van der Waals surface area contributed by atoms with Gasteiger partial charge in [0.1, 0.15) is 11.4 Å². The number of aryl methyl sites for hydroxylation is 1. The normalized spacial score (nSPS) is 15.0. The highest BCUT2D eigenvalue weighted by molar-refractivity contribution is 8.00. The molecular weight excluding hydrogens is 497 g/mol. The van der Waals surface area contributed by atoms with Gasteiger partial charge in [0.2, 0.25) is 10.9 Å². The highest BCUT2D eigenvalue weighted by Crippen LogP contribution is 2.43. The van der Waals surface area contributed by atoms with Gasteiger partial charge in [-0.3, -0.25) is 14.5 Å². The Kier molecular flexibility index (Phi) is 5.66. The van der Waals surface area contributed by atoms with Crippen LogP contribution in [0.4, 0.5) is 9.52 Å². The monoisotopic (exact) mass is 515 g/mol. The van der Waals surface area contributed by atoms with Crippen molar-refractivity contribution in [2.75, 3.05) is 4.90 Å². The van der Waals surface area contributed by atoms with Crippen molar-refractivity contribution in [2.45, 2.75) is 23.1 Å². The van der Waals surface area contributed by atoms with Gasteiger partial charge in [-0.15, -0.1) is 10.2 Å². The number of anilines is 1. The number of hydrogen-bond acceptors (Lipinski definition) is 7. The molecule has 0 unspecified atom stereocenters. The average Bonchev–Trinajstić information content (AvgIpc) is 3.47. The molecule has 178 valence electrons. The minimum absolute atomic E-state index is 0.0583. The van der Waals surface area contributed by atoms with Crippen LogP contribution in [0, 0.1) is 12.7 Å². The van der Waals surface area contributed by atoms with Crippen molar-refractivity contribution >= 4 is 45.1 Å². The van der Waals surface area contributed by atoms with Gasteiger partial charge >= 0.3 is 0 Å². The Bertz CT molecular complexity index is 1670. The second-order valence-electron chi connectivity index (χ2n) is 8.43. The fraction of sp³-hybridized carbons (Fsp3) is 0.111. The first kappa shape index (κ1) is 22.6. The lowest BCUT2D eigenvalue weighted by Crippen LogP contribution is -2.29. The molecule has 1 aliphatic rings. The number of nitrogens with zero attached hydrogens (tertiary/aromatic N) is 3. The fourth-order valence-electron chi connectivity index (χ4n) is 4.28. The molecule has 0 bridgehead atoms. The van der Waals surface area contributed by atoms with Gasteiger partial charge in [0, 0.05) is 5.75 Å². The van der Waals surface area contributed by atoms with Crippen LogP contribution >= 0.6 is 23.1 Å². The predicted molar refractivity (Wildman–Crippen MR) is 138 cm³/mol. The Balaban J connectivity index is 1.42. The van der Waals surface area contributed by atoms with Crippen LogP contribution in [0.5, 0.6) is 0 Å². The summed E-state index contributed by atoms with van der Waals surface area (Å²) in [6.07, 6.45) is 0. The Labute approximate surface area is 213 Å². The molecule has 3 aromatic carbocycles. The molecule has 0 saturated heterocycles. The van der Waals surface area contributed by atoms with E-state index in [-0.39, 0.29) is 22.3 Å². The molecule has 36 heavy (non-hydrogen) atoms. The highest BCUT2D eigenvalue weighted by atomic mass is 32.2. The van der Waals surface area contributed by atoms with Gasteiger partial charge in [0.05, 0.1) is 17.0 Å². The second kappa shape index (κ2) is 9.00. The third kappa shape index (κ3) is 3.90. The van der Waals surface area contributed by atoms with Gasteiger partial charge in [-0.25, -0.2) is 4.39 Å². The highest BCUT2D eigenvalue weighted by Gasteiger charge is 2.45. The molecule has 6 rings (SSSR count). The molecule has 0 aliphatic carbocycles. The van der Waals surface area contributed by atoms with Crippen molar-refractivity contribution in [1.29, 1.82) is 0 Å². The summed E-state index contributed by atoms with van der Waals surface area (Å²) in [6.45, 7) is 2.04. The maximum absolute atomic E-state index is 13.9. The Morgan fingerprint density at radius 1 is 1.03 bits per heavy atom. The summed E-state index contributed by atoms with van der Waals surface area (Å²) in [5.74, 6) is -0.376. The largest absolute Gasteiger partial charge is 0.450 e. The summed E-state index contributed by atoms with van der Waals surface area (Å²) in [6, 6.07) is 20.4. The predicted octanol–water partition coefficient (Wildman–Crippen LogP) is 6.13. The van der Waals surface area contributed by atoms with Crippen LogP contribution in [0.25, 0.3) is 11.0 Å². The van der Waals surface area contributed by atoms with Crippen molar-refractivity contribution in [1.82, 2.24) is 10.2 Å². The van der Waals surface area contributed by atoms with E-state index in [1.54, 1.807) is 0 Å². The Morgan fingerprint density at radius 2 is 1.81 bits per heavy atom. The van der Waals surface area contributed by atoms with Gasteiger partial charge in [-0.05, 0) is 36.2 Å². The number of carbonyl (C=O) groups is 1. The van der Waals surface area contributed by atoms with Crippen LogP contribution in [-0.4, -0.2) is 16.1 Å². The smallest absolute Gasteiger partial charge is 0.297 e. The second-order valence-corrected chi connectivity index (χ2v) is 10.6. The summed E-state index contributed by atoms with van der Waals surface area (Å²) in [7, 11) is 0. The SMILES string of the molecule is Cc1ccc(CSc2nnc(N3C(=O)c4oc5ccc(F)cc5c(=O)c4[C@H]3c3ccccc3)s2)cc1. The maximum atomic E-state index is 13.9. The lowest BCUT2D eigenvalue weighted by Gasteiger charge is -2.21. The van der Waals surface area contributed by atoms with Crippen molar-refractivity contribution in [3.63, 3.8) is 0 Å². The third-order valence-corrected chi connectivity index (χ3v) is 8.16. The van der Waals surface area contributed by atoms with E-state index in [9.17, 15) is 14.0 Å². The number of carbonyl (C=O) groups excluding carboxylic acids is 1. The zero-order chi connectivity index (χ0) is 24.8. The summed E-state index contributed by atoms with van der Waals surface area (Å²) < 4.78 is 20.5. The summed E-state index contributed by atoms with van der Waals surface area (Å²) in [4.78, 5) is 28.6. The molecule has 0 saturated carbocycles. The third-order valence-electron chi connectivity index (χ3n) is 6.03. The van der Waals surface area contributed by atoms with Gasteiger partial charge in [0.15, 0.2) is 9.77 Å². The molecule has 0 fully saturated rings.